The molecule has 1 aromatic heterocycles. The third-order valence-corrected chi connectivity index (χ3v) is 4.73. The Balaban J connectivity index is 1.86. The zero-order valence-electron chi connectivity index (χ0n) is 11.8. The van der Waals surface area contributed by atoms with Crippen LogP contribution in [0.4, 0.5) is 0 Å². The lowest BCUT2D eigenvalue weighted by Crippen LogP contribution is -2.35. The van der Waals surface area contributed by atoms with Crippen molar-refractivity contribution in [3.63, 3.8) is 0 Å². The summed E-state index contributed by atoms with van der Waals surface area (Å²) in [6, 6.07) is 0.164. The highest BCUT2D eigenvalue weighted by Gasteiger charge is 2.48. The van der Waals surface area contributed by atoms with Gasteiger partial charge in [0.15, 0.2) is 5.75 Å². The Labute approximate surface area is 114 Å². The summed E-state index contributed by atoms with van der Waals surface area (Å²) in [6.07, 6.45) is 6.88. The first-order valence-electron chi connectivity index (χ1n) is 7.34. The van der Waals surface area contributed by atoms with Crippen LogP contribution in [0, 0.1) is 17.8 Å². The molecule has 2 aliphatic rings. The van der Waals surface area contributed by atoms with E-state index in [2.05, 4.69) is 17.4 Å². The van der Waals surface area contributed by atoms with E-state index in [9.17, 15) is 0 Å². The lowest BCUT2D eigenvalue weighted by Gasteiger charge is -2.25. The van der Waals surface area contributed by atoms with Gasteiger partial charge in [-0.25, -0.2) is 0 Å². The molecule has 5 nitrogen and oxygen atoms in total. The van der Waals surface area contributed by atoms with Crippen molar-refractivity contribution in [3.05, 3.63) is 11.9 Å². The molecule has 3 atom stereocenters. The summed E-state index contributed by atoms with van der Waals surface area (Å²) in [7, 11) is 1.70. The topological polar surface area (TPSA) is 65.1 Å². The van der Waals surface area contributed by atoms with E-state index in [0.29, 0.717) is 5.92 Å². The molecule has 3 N–H and O–H groups in total. The lowest BCUT2D eigenvalue weighted by atomic mass is 9.92. The van der Waals surface area contributed by atoms with Crippen LogP contribution in [0.15, 0.2) is 6.20 Å². The molecular formula is C14H24N4O. The second kappa shape index (κ2) is 5.13. The van der Waals surface area contributed by atoms with Crippen molar-refractivity contribution >= 4 is 0 Å². The maximum absolute atomic E-state index is 5.85. The second-order valence-electron chi connectivity index (χ2n) is 5.95. The van der Waals surface area contributed by atoms with Crippen LogP contribution in [0.5, 0.6) is 5.75 Å². The molecule has 5 heteroatoms. The van der Waals surface area contributed by atoms with Gasteiger partial charge in [0.2, 0.25) is 0 Å². The van der Waals surface area contributed by atoms with Crippen molar-refractivity contribution in [2.45, 2.75) is 45.2 Å². The first-order chi connectivity index (χ1) is 9.28. The predicted octanol–water partition coefficient (Wildman–Crippen LogP) is 1.85. The molecule has 0 amide bonds. The number of fused-ring (bicyclic) bond motifs is 1. The lowest BCUT2D eigenvalue weighted by molar-refractivity contribution is 0.311. The number of hydrazine groups is 1. The SMILES string of the molecule is CCCn1ncc(OC)c1C(NN)C1CC2CC2C1. The number of ether oxygens (including phenoxy) is 1. The zero-order valence-corrected chi connectivity index (χ0v) is 11.8. The molecule has 3 unspecified atom stereocenters. The summed E-state index contributed by atoms with van der Waals surface area (Å²) in [5.74, 6) is 9.23. The monoisotopic (exact) mass is 264 g/mol. The maximum Gasteiger partial charge on any atom is 0.161 e. The Bertz CT molecular complexity index is 435. The fraction of sp³-hybridized carbons (Fsp3) is 0.786. The molecule has 0 aromatic carbocycles. The minimum atomic E-state index is 0.164. The molecule has 19 heavy (non-hydrogen) atoms. The predicted molar refractivity (Wildman–Crippen MR) is 73.5 cm³/mol. The summed E-state index contributed by atoms with van der Waals surface area (Å²) in [6.45, 7) is 3.07. The Morgan fingerprint density at radius 2 is 2.21 bits per heavy atom. The Hall–Kier alpha value is -1.07. The zero-order chi connectivity index (χ0) is 13.4. The van der Waals surface area contributed by atoms with Gasteiger partial charge in [0.05, 0.1) is 25.0 Å². The van der Waals surface area contributed by atoms with Gasteiger partial charge >= 0.3 is 0 Å². The maximum atomic E-state index is 5.85. The molecule has 3 rings (SSSR count). The minimum absolute atomic E-state index is 0.164. The molecule has 1 heterocycles. The summed E-state index contributed by atoms with van der Waals surface area (Å²) in [4.78, 5) is 0. The number of aromatic nitrogens is 2. The Morgan fingerprint density at radius 1 is 1.47 bits per heavy atom. The van der Waals surface area contributed by atoms with E-state index in [-0.39, 0.29) is 6.04 Å². The van der Waals surface area contributed by atoms with Gasteiger partial charge in [0, 0.05) is 6.54 Å². The van der Waals surface area contributed by atoms with E-state index in [1.165, 1.54) is 19.3 Å². The van der Waals surface area contributed by atoms with Crippen LogP contribution < -0.4 is 16.0 Å². The molecule has 106 valence electrons. The molecule has 2 aliphatic carbocycles. The van der Waals surface area contributed by atoms with E-state index in [1.54, 1.807) is 7.11 Å². The quantitative estimate of drug-likeness (QED) is 0.608. The Kier molecular flexibility index (Phi) is 3.50. The van der Waals surface area contributed by atoms with Gasteiger partial charge in [-0.05, 0) is 43.4 Å². The summed E-state index contributed by atoms with van der Waals surface area (Å²) >= 11 is 0. The number of hydrogen-bond acceptors (Lipinski definition) is 4. The fourth-order valence-electron chi connectivity index (χ4n) is 3.71. The standard InChI is InChI=1S/C14H24N4O/c1-3-4-18-14(12(19-2)8-16-18)13(17-15)11-6-9-5-10(9)7-11/h8-11,13,17H,3-7,15H2,1-2H3. The molecule has 0 radical (unpaired) electrons. The number of hydrogen-bond donors (Lipinski definition) is 2. The summed E-state index contributed by atoms with van der Waals surface area (Å²) in [5, 5.41) is 4.44. The van der Waals surface area contributed by atoms with Crippen LogP contribution >= 0.6 is 0 Å². The number of methoxy groups -OCH3 is 1. The fourth-order valence-corrected chi connectivity index (χ4v) is 3.71. The summed E-state index contributed by atoms with van der Waals surface area (Å²) in [5.41, 5.74) is 4.14. The van der Waals surface area contributed by atoms with Crippen LogP contribution in [0.1, 0.15) is 44.3 Å². The molecule has 2 saturated carbocycles. The van der Waals surface area contributed by atoms with Crippen LogP contribution in [0.2, 0.25) is 0 Å². The van der Waals surface area contributed by atoms with Gasteiger partial charge in [0.1, 0.15) is 0 Å². The van der Waals surface area contributed by atoms with Gasteiger partial charge in [-0.15, -0.1) is 0 Å². The van der Waals surface area contributed by atoms with E-state index < -0.39 is 0 Å². The van der Waals surface area contributed by atoms with Crippen LogP contribution in [-0.2, 0) is 6.54 Å². The highest BCUT2D eigenvalue weighted by atomic mass is 16.5. The van der Waals surface area contributed by atoms with E-state index >= 15 is 0 Å². The molecule has 0 spiro atoms. The van der Waals surface area contributed by atoms with Crippen molar-refractivity contribution in [2.24, 2.45) is 23.6 Å². The normalized spacial score (nSPS) is 30.2. The molecule has 0 aliphatic heterocycles. The smallest absolute Gasteiger partial charge is 0.161 e. The van der Waals surface area contributed by atoms with Crippen molar-refractivity contribution in [3.8, 4) is 5.75 Å². The average molecular weight is 264 g/mol. The van der Waals surface area contributed by atoms with Crippen LogP contribution in [-0.4, -0.2) is 16.9 Å². The summed E-state index contributed by atoms with van der Waals surface area (Å²) < 4.78 is 7.52. The van der Waals surface area contributed by atoms with E-state index in [0.717, 1.165) is 36.2 Å². The number of nitrogens with two attached hydrogens (primary N) is 1. The van der Waals surface area contributed by atoms with Crippen LogP contribution in [0.25, 0.3) is 0 Å². The van der Waals surface area contributed by atoms with Crippen molar-refractivity contribution in [2.75, 3.05) is 7.11 Å². The molecular weight excluding hydrogens is 240 g/mol. The third-order valence-electron chi connectivity index (χ3n) is 4.73. The second-order valence-corrected chi connectivity index (χ2v) is 5.95. The number of rotatable bonds is 6. The Morgan fingerprint density at radius 3 is 2.79 bits per heavy atom. The van der Waals surface area contributed by atoms with E-state index in [1.807, 2.05) is 10.9 Å². The first-order valence-corrected chi connectivity index (χ1v) is 7.34. The van der Waals surface area contributed by atoms with E-state index in [4.69, 9.17) is 10.6 Å². The third kappa shape index (κ3) is 2.25. The number of nitrogens with one attached hydrogen (secondary N) is 1. The van der Waals surface area contributed by atoms with Crippen molar-refractivity contribution < 1.29 is 4.74 Å². The molecule has 1 aromatic rings. The molecule has 0 bridgehead atoms. The van der Waals surface area contributed by atoms with Crippen LogP contribution in [0.3, 0.4) is 0 Å². The van der Waals surface area contributed by atoms with Gasteiger partial charge in [-0.2, -0.15) is 5.10 Å². The van der Waals surface area contributed by atoms with Gasteiger partial charge in [0.25, 0.3) is 0 Å². The number of aryl methyl sites for hydroxylation is 1. The minimum Gasteiger partial charge on any atom is -0.493 e. The van der Waals surface area contributed by atoms with Gasteiger partial charge in [-0.3, -0.25) is 16.0 Å². The van der Waals surface area contributed by atoms with Crippen molar-refractivity contribution in [1.29, 1.82) is 0 Å². The highest BCUT2D eigenvalue weighted by Crippen LogP contribution is 2.57. The highest BCUT2D eigenvalue weighted by molar-refractivity contribution is 5.29. The van der Waals surface area contributed by atoms with Gasteiger partial charge in [-0.1, -0.05) is 6.92 Å². The largest absolute Gasteiger partial charge is 0.493 e. The number of nitrogens with zero attached hydrogens (tertiary/aromatic N) is 2. The first kappa shape index (κ1) is 12.9. The average Bonchev–Trinajstić information content (AvgIpc) is 2.86. The van der Waals surface area contributed by atoms with Crippen molar-refractivity contribution in [1.82, 2.24) is 15.2 Å². The molecule has 0 saturated heterocycles. The molecule has 2 fully saturated rings. The van der Waals surface area contributed by atoms with Gasteiger partial charge < -0.3 is 4.74 Å².